The van der Waals surface area contributed by atoms with Gasteiger partial charge in [-0.2, -0.15) is 11.3 Å². The average Bonchev–Trinajstić information content (AvgIpc) is 3.28. The summed E-state index contributed by atoms with van der Waals surface area (Å²) in [6.07, 6.45) is 4.36. The number of nitrogens with zero attached hydrogens (tertiary/aromatic N) is 2. The maximum absolute atomic E-state index is 12.9. The molecule has 134 valence electrons. The summed E-state index contributed by atoms with van der Waals surface area (Å²) in [6, 6.07) is 7.30. The standard InChI is InChI=1S/C19H25N2O2S2/c1-21(2)15-5-6-16(21)11-17(10-15)23-19(22)20(18-4-3-8-25-18)12-14-7-9-24-13-14/h3-4,7-9,13,15-17H,5-6,10-12H2,1-2H3/q+1/t15-,16+,17?. The Balaban J connectivity index is 1.46. The van der Waals surface area contributed by atoms with Crippen LogP contribution in [0.2, 0.25) is 0 Å². The third-order valence-electron chi connectivity index (χ3n) is 5.97. The molecule has 3 atom stereocenters. The first-order valence-corrected chi connectivity index (χ1v) is 10.7. The summed E-state index contributed by atoms with van der Waals surface area (Å²) in [5, 5.41) is 7.09. The SMILES string of the molecule is C[N+]1(C)[C@@H]2CC[C@H]1CC(OC(=O)N(Cc1ccsc1)c1cccs1)C2. The van der Waals surface area contributed by atoms with E-state index in [1.165, 1.54) is 12.8 Å². The van der Waals surface area contributed by atoms with Crippen LogP contribution in [0.1, 0.15) is 31.2 Å². The lowest BCUT2D eigenvalue weighted by molar-refractivity contribution is -0.931. The van der Waals surface area contributed by atoms with Gasteiger partial charge in [-0.3, -0.25) is 4.90 Å². The average molecular weight is 378 g/mol. The normalized spacial score (nSPS) is 27.2. The van der Waals surface area contributed by atoms with Crippen molar-refractivity contribution in [3.63, 3.8) is 0 Å². The van der Waals surface area contributed by atoms with Crippen molar-refractivity contribution in [2.45, 2.75) is 50.4 Å². The zero-order valence-corrected chi connectivity index (χ0v) is 16.4. The number of piperidine rings is 1. The smallest absolute Gasteiger partial charge is 0.415 e. The van der Waals surface area contributed by atoms with E-state index < -0.39 is 0 Å². The molecule has 2 aromatic rings. The van der Waals surface area contributed by atoms with Gasteiger partial charge in [0.15, 0.2) is 0 Å². The predicted octanol–water partition coefficient (Wildman–Crippen LogP) is 4.72. The van der Waals surface area contributed by atoms with Gasteiger partial charge in [0, 0.05) is 25.7 Å². The summed E-state index contributed by atoms with van der Waals surface area (Å²) in [6.45, 7) is 0.573. The van der Waals surface area contributed by atoms with Gasteiger partial charge in [-0.1, -0.05) is 0 Å². The quantitative estimate of drug-likeness (QED) is 0.722. The highest BCUT2D eigenvalue weighted by atomic mass is 32.1. The van der Waals surface area contributed by atoms with E-state index in [1.807, 2.05) is 22.9 Å². The first-order valence-electron chi connectivity index (χ1n) is 8.90. The van der Waals surface area contributed by atoms with Crippen molar-refractivity contribution < 1.29 is 14.0 Å². The molecule has 1 amide bonds. The van der Waals surface area contributed by atoms with Crippen molar-refractivity contribution in [2.75, 3.05) is 19.0 Å². The van der Waals surface area contributed by atoms with Gasteiger partial charge in [0.25, 0.3) is 0 Å². The number of quaternary nitrogens is 1. The lowest BCUT2D eigenvalue weighted by Gasteiger charge is -2.44. The van der Waals surface area contributed by atoms with Gasteiger partial charge in [0.2, 0.25) is 0 Å². The van der Waals surface area contributed by atoms with Gasteiger partial charge in [-0.05, 0) is 39.9 Å². The Hall–Kier alpha value is -1.37. The molecule has 6 heteroatoms. The molecule has 0 saturated carbocycles. The lowest BCUT2D eigenvalue weighted by Crippen LogP contribution is -2.56. The Morgan fingerprint density at radius 2 is 2.00 bits per heavy atom. The number of hydrogen-bond donors (Lipinski definition) is 0. The van der Waals surface area contributed by atoms with Crippen LogP contribution in [0.4, 0.5) is 9.80 Å². The summed E-state index contributed by atoms with van der Waals surface area (Å²) < 4.78 is 7.08. The van der Waals surface area contributed by atoms with Gasteiger partial charge in [0.1, 0.15) is 11.1 Å². The highest BCUT2D eigenvalue weighted by molar-refractivity contribution is 7.14. The Bertz CT molecular complexity index is 696. The third-order valence-corrected chi connectivity index (χ3v) is 7.59. The maximum Gasteiger partial charge on any atom is 0.415 e. The molecule has 4 heterocycles. The minimum absolute atomic E-state index is 0.0566. The van der Waals surface area contributed by atoms with Crippen LogP contribution < -0.4 is 4.90 Å². The van der Waals surface area contributed by atoms with Crippen LogP contribution >= 0.6 is 22.7 Å². The zero-order chi connectivity index (χ0) is 17.4. The second kappa shape index (κ2) is 6.74. The Morgan fingerprint density at radius 1 is 1.24 bits per heavy atom. The van der Waals surface area contributed by atoms with Gasteiger partial charge in [-0.25, -0.2) is 4.79 Å². The minimum atomic E-state index is -0.203. The van der Waals surface area contributed by atoms with Crippen molar-refractivity contribution in [1.29, 1.82) is 0 Å². The van der Waals surface area contributed by atoms with Crippen molar-refractivity contribution in [1.82, 2.24) is 0 Å². The van der Waals surface area contributed by atoms with Crippen LogP contribution in [0.3, 0.4) is 0 Å². The largest absolute Gasteiger partial charge is 0.445 e. The number of thiophene rings is 2. The molecule has 4 rings (SSSR count). The van der Waals surface area contributed by atoms with E-state index in [1.54, 1.807) is 27.6 Å². The number of amides is 1. The molecule has 4 nitrogen and oxygen atoms in total. The lowest BCUT2D eigenvalue weighted by atomic mass is 9.98. The van der Waals surface area contributed by atoms with E-state index in [2.05, 4.69) is 25.5 Å². The molecule has 2 fully saturated rings. The van der Waals surface area contributed by atoms with Crippen molar-refractivity contribution in [2.24, 2.45) is 0 Å². The first kappa shape index (κ1) is 17.1. The first-order chi connectivity index (χ1) is 12.0. The molecule has 2 aliphatic rings. The molecule has 2 bridgehead atoms. The van der Waals surface area contributed by atoms with Gasteiger partial charge < -0.3 is 9.22 Å². The fourth-order valence-electron chi connectivity index (χ4n) is 4.35. The number of fused-ring (bicyclic) bond motifs is 2. The highest BCUT2D eigenvalue weighted by Gasteiger charge is 2.50. The molecule has 0 spiro atoms. The fraction of sp³-hybridized carbons (Fsp3) is 0.526. The monoisotopic (exact) mass is 377 g/mol. The maximum atomic E-state index is 12.9. The van der Waals surface area contributed by atoms with Gasteiger partial charge in [-0.15, -0.1) is 11.3 Å². The Kier molecular flexibility index (Phi) is 4.60. The predicted molar refractivity (Wildman–Crippen MR) is 103 cm³/mol. The number of anilines is 1. The third kappa shape index (κ3) is 3.35. The number of rotatable bonds is 4. The molecule has 0 N–H and O–H groups in total. The van der Waals surface area contributed by atoms with E-state index in [-0.39, 0.29) is 12.2 Å². The summed E-state index contributed by atoms with van der Waals surface area (Å²) in [5.74, 6) is 0. The fourth-order valence-corrected chi connectivity index (χ4v) is 5.73. The van der Waals surface area contributed by atoms with E-state index in [0.717, 1.165) is 27.9 Å². The number of hydrogen-bond acceptors (Lipinski definition) is 4. The second-order valence-electron chi connectivity index (χ2n) is 7.66. The Labute approximate surface area is 157 Å². The summed E-state index contributed by atoms with van der Waals surface area (Å²) in [4.78, 5) is 14.7. The second-order valence-corrected chi connectivity index (χ2v) is 9.37. The molecule has 2 saturated heterocycles. The molecule has 0 radical (unpaired) electrons. The number of carbonyl (C=O) groups excluding carboxylic acids is 1. The van der Waals surface area contributed by atoms with Crippen molar-refractivity contribution in [3.05, 3.63) is 39.9 Å². The summed E-state index contributed by atoms with van der Waals surface area (Å²) >= 11 is 3.24. The summed E-state index contributed by atoms with van der Waals surface area (Å²) in [7, 11) is 4.66. The minimum Gasteiger partial charge on any atom is -0.445 e. The van der Waals surface area contributed by atoms with E-state index >= 15 is 0 Å². The molecule has 0 aliphatic carbocycles. The van der Waals surface area contributed by atoms with E-state index in [4.69, 9.17) is 4.74 Å². The molecule has 2 aromatic heterocycles. The van der Waals surface area contributed by atoms with Crippen LogP contribution in [0.25, 0.3) is 0 Å². The van der Waals surface area contributed by atoms with Crippen LogP contribution in [0.15, 0.2) is 34.3 Å². The molecule has 25 heavy (non-hydrogen) atoms. The molecule has 1 unspecified atom stereocenters. The van der Waals surface area contributed by atoms with Gasteiger partial charge in [0.05, 0.1) is 32.7 Å². The van der Waals surface area contributed by atoms with Crippen LogP contribution in [-0.4, -0.2) is 42.9 Å². The van der Waals surface area contributed by atoms with Crippen LogP contribution in [0.5, 0.6) is 0 Å². The van der Waals surface area contributed by atoms with Crippen molar-refractivity contribution >= 4 is 33.8 Å². The highest BCUT2D eigenvalue weighted by Crippen LogP contribution is 2.40. The van der Waals surface area contributed by atoms with Crippen LogP contribution in [0, 0.1) is 0 Å². The number of carbonyl (C=O) groups is 1. The van der Waals surface area contributed by atoms with Crippen LogP contribution in [-0.2, 0) is 11.3 Å². The number of ether oxygens (including phenoxy) is 1. The summed E-state index contributed by atoms with van der Waals surface area (Å²) in [5.41, 5.74) is 1.15. The molecule has 0 aromatic carbocycles. The van der Waals surface area contributed by atoms with E-state index in [9.17, 15) is 4.79 Å². The zero-order valence-electron chi connectivity index (χ0n) is 14.8. The molecular weight excluding hydrogens is 352 g/mol. The van der Waals surface area contributed by atoms with E-state index in [0.29, 0.717) is 18.6 Å². The van der Waals surface area contributed by atoms with Gasteiger partial charge >= 0.3 is 6.09 Å². The van der Waals surface area contributed by atoms with Crippen molar-refractivity contribution in [3.8, 4) is 0 Å². The topological polar surface area (TPSA) is 29.5 Å². The molecule has 2 aliphatic heterocycles. The molecular formula is C19H25N2O2S2+. The Morgan fingerprint density at radius 3 is 2.60 bits per heavy atom.